The summed E-state index contributed by atoms with van der Waals surface area (Å²) in [4.78, 5) is 2.08. The number of halogens is 2. The normalized spacial score (nSPS) is 13.1. The zero-order valence-electron chi connectivity index (χ0n) is 10.2. The predicted molar refractivity (Wildman–Crippen MR) is 69.4 cm³/mol. The zero-order chi connectivity index (χ0) is 12.8. The number of hydrazine groups is 1. The molecule has 0 spiro atoms. The van der Waals surface area contributed by atoms with Crippen LogP contribution in [0, 0.1) is 5.82 Å². The minimum absolute atomic E-state index is 0.0942. The van der Waals surface area contributed by atoms with Gasteiger partial charge in [-0.3, -0.25) is 11.3 Å². The van der Waals surface area contributed by atoms with E-state index in [1.165, 1.54) is 12.1 Å². The molecule has 1 atom stereocenters. The summed E-state index contributed by atoms with van der Waals surface area (Å²) in [7, 11) is 4.01. The van der Waals surface area contributed by atoms with Crippen LogP contribution in [0.15, 0.2) is 18.2 Å². The quantitative estimate of drug-likeness (QED) is 0.605. The Labute approximate surface area is 107 Å². The van der Waals surface area contributed by atoms with Gasteiger partial charge in [0, 0.05) is 11.1 Å². The van der Waals surface area contributed by atoms with Gasteiger partial charge in [0.2, 0.25) is 0 Å². The fourth-order valence-corrected chi connectivity index (χ4v) is 1.82. The van der Waals surface area contributed by atoms with E-state index in [1.54, 1.807) is 6.07 Å². The number of hydrogen-bond acceptors (Lipinski definition) is 3. The summed E-state index contributed by atoms with van der Waals surface area (Å²) in [5.41, 5.74) is 3.53. The molecule has 0 aromatic heterocycles. The molecule has 17 heavy (non-hydrogen) atoms. The average molecular weight is 260 g/mol. The van der Waals surface area contributed by atoms with Crippen LogP contribution in [-0.2, 0) is 6.42 Å². The number of rotatable bonds is 6. The molecule has 1 aromatic rings. The lowest BCUT2D eigenvalue weighted by atomic mass is 10.0. The van der Waals surface area contributed by atoms with Crippen molar-refractivity contribution in [3.8, 4) is 0 Å². The van der Waals surface area contributed by atoms with Gasteiger partial charge in [-0.05, 0) is 57.2 Å². The highest BCUT2D eigenvalue weighted by atomic mass is 35.5. The van der Waals surface area contributed by atoms with Gasteiger partial charge in [-0.15, -0.1) is 0 Å². The summed E-state index contributed by atoms with van der Waals surface area (Å²) in [6.07, 6.45) is 1.51. The van der Waals surface area contributed by atoms with Gasteiger partial charge in [0.25, 0.3) is 0 Å². The molecule has 96 valence electrons. The number of nitrogens with one attached hydrogen (secondary N) is 1. The van der Waals surface area contributed by atoms with Crippen molar-refractivity contribution in [1.29, 1.82) is 0 Å². The third-order valence-corrected chi connectivity index (χ3v) is 3.00. The Morgan fingerprint density at radius 1 is 1.47 bits per heavy atom. The van der Waals surface area contributed by atoms with Crippen molar-refractivity contribution in [3.63, 3.8) is 0 Å². The van der Waals surface area contributed by atoms with E-state index in [-0.39, 0.29) is 11.9 Å². The second-order valence-corrected chi connectivity index (χ2v) is 4.80. The second kappa shape index (κ2) is 6.91. The first-order valence-corrected chi connectivity index (χ1v) is 5.95. The number of nitrogens with zero attached hydrogens (tertiary/aromatic N) is 1. The fraction of sp³-hybridized carbons (Fsp3) is 0.500. The third-order valence-electron chi connectivity index (χ3n) is 2.63. The van der Waals surface area contributed by atoms with Gasteiger partial charge >= 0.3 is 0 Å². The molecule has 0 radical (unpaired) electrons. The van der Waals surface area contributed by atoms with E-state index in [0.717, 1.165) is 18.5 Å². The molecule has 0 aliphatic rings. The van der Waals surface area contributed by atoms with Gasteiger partial charge in [0.05, 0.1) is 0 Å². The topological polar surface area (TPSA) is 41.3 Å². The Morgan fingerprint density at radius 3 is 2.76 bits per heavy atom. The van der Waals surface area contributed by atoms with Crippen LogP contribution in [0.2, 0.25) is 5.02 Å². The molecule has 5 heteroatoms. The van der Waals surface area contributed by atoms with Gasteiger partial charge in [0.15, 0.2) is 0 Å². The average Bonchev–Trinajstić information content (AvgIpc) is 2.28. The second-order valence-electron chi connectivity index (χ2n) is 4.40. The van der Waals surface area contributed by atoms with Crippen LogP contribution in [-0.4, -0.2) is 31.6 Å². The van der Waals surface area contributed by atoms with Crippen LogP contribution in [0.3, 0.4) is 0 Å². The maximum absolute atomic E-state index is 13.1. The van der Waals surface area contributed by atoms with E-state index in [2.05, 4.69) is 10.3 Å². The number of hydrogen-bond donors (Lipinski definition) is 2. The van der Waals surface area contributed by atoms with E-state index in [9.17, 15) is 4.39 Å². The summed E-state index contributed by atoms with van der Waals surface area (Å²) in [6.45, 7) is 0.918. The lowest BCUT2D eigenvalue weighted by Crippen LogP contribution is -2.38. The standard InChI is InChI=1S/C12H19ClFN3/c1-17(2)6-5-11(16-15)8-9-7-10(14)3-4-12(9)13/h3-4,7,11,16H,5-6,8,15H2,1-2H3. The molecule has 0 fully saturated rings. The third kappa shape index (κ3) is 5.00. The maximum Gasteiger partial charge on any atom is 0.123 e. The first kappa shape index (κ1) is 14.4. The van der Waals surface area contributed by atoms with Crippen LogP contribution in [0.1, 0.15) is 12.0 Å². The minimum atomic E-state index is -0.271. The maximum atomic E-state index is 13.1. The molecule has 0 aliphatic heterocycles. The Hall–Kier alpha value is -0.680. The molecule has 1 unspecified atom stereocenters. The van der Waals surface area contributed by atoms with Crippen LogP contribution >= 0.6 is 11.6 Å². The highest BCUT2D eigenvalue weighted by Gasteiger charge is 2.11. The molecular formula is C12H19ClFN3. The van der Waals surface area contributed by atoms with Crippen LogP contribution in [0.25, 0.3) is 0 Å². The summed E-state index contributed by atoms with van der Waals surface area (Å²) in [6, 6.07) is 4.49. The van der Waals surface area contributed by atoms with Gasteiger partial charge in [-0.1, -0.05) is 11.6 Å². The lowest BCUT2D eigenvalue weighted by molar-refractivity contribution is 0.358. The van der Waals surface area contributed by atoms with Crippen molar-refractivity contribution in [2.24, 2.45) is 5.84 Å². The molecule has 3 N–H and O–H groups in total. The van der Waals surface area contributed by atoms with Crippen LogP contribution in [0.5, 0.6) is 0 Å². The largest absolute Gasteiger partial charge is 0.309 e. The van der Waals surface area contributed by atoms with Crippen molar-refractivity contribution >= 4 is 11.6 Å². The highest BCUT2D eigenvalue weighted by Crippen LogP contribution is 2.19. The van der Waals surface area contributed by atoms with Crippen molar-refractivity contribution in [1.82, 2.24) is 10.3 Å². The van der Waals surface area contributed by atoms with Crippen molar-refractivity contribution in [2.75, 3.05) is 20.6 Å². The lowest BCUT2D eigenvalue weighted by Gasteiger charge is -2.19. The summed E-state index contributed by atoms with van der Waals surface area (Å²) in [5, 5.41) is 0.580. The van der Waals surface area contributed by atoms with Gasteiger partial charge in [0.1, 0.15) is 5.82 Å². The Bertz CT molecular complexity index is 358. The molecule has 0 heterocycles. The molecule has 1 aromatic carbocycles. The molecule has 0 saturated carbocycles. The van der Waals surface area contributed by atoms with Gasteiger partial charge < -0.3 is 4.90 Å². The smallest absolute Gasteiger partial charge is 0.123 e. The Morgan fingerprint density at radius 2 is 2.18 bits per heavy atom. The number of nitrogens with two attached hydrogens (primary N) is 1. The van der Waals surface area contributed by atoms with Crippen molar-refractivity contribution in [2.45, 2.75) is 18.9 Å². The predicted octanol–water partition coefficient (Wildman–Crippen LogP) is 1.81. The molecular weight excluding hydrogens is 241 g/mol. The van der Waals surface area contributed by atoms with E-state index in [4.69, 9.17) is 17.4 Å². The molecule has 0 bridgehead atoms. The monoisotopic (exact) mass is 259 g/mol. The first-order chi connectivity index (χ1) is 8.02. The fourth-order valence-electron chi connectivity index (χ4n) is 1.62. The van der Waals surface area contributed by atoms with E-state index in [1.807, 2.05) is 14.1 Å². The Balaban J connectivity index is 2.63. The highest BCUT2D eigenvalue weighted by molar-refractivity contribution is 6.31. The molecule has 0 amide bonds. The van der Waals surface area contributed by atoms with E-state index in [0.29, 0.717) is 11.4 Å². The minimum Gasteiger partial charge on any atom is -0.309 e. The molecule has 0 aliphatic carbocycles. The molecule has 1 rings (SSSR count). The summed E-state index contributed by atoms with van der Waals surface area (Å²) in [5.74, 6) is 5.22. The summed E-state index contributed by atoms with van der Waals surface area (Å²) < 4.78 is 13.1. The molecule has 0 saturated heterocycles. The van der Waals surface area contributed by atoms with Crippen molar-refractivity contribution in [3.05, 3.63) is 34.6 Å². The van der Waals surface area contributed by atoms with E-state index >= 15 is 0 Å². The Kier molecular flexibility index (Phi) is 5.85. The van der Waals surface area contributed by atoms with Gasteiger partial charge in [-0.2, -0.15) is 0 Å². The van der Waals surface area contributed by atoms with Gasteiger partial charge in [-0.25, -0.2) is 4.39 Å². The van der Waals surface area contributed by atoms with Crippen LogP contribution in [0.4, 0.5) is 4.39 Å². The summed E-state index contributed by atoms with van der Waals surface area (Å²) >= 11 is 6.01. The van der Waals surface area contributed by atoms with Crippen molar-refractivity contribution < 1.29 is 4.39 Å². The zero-order valence-corrected chi connectivity index (χ0v) is 11.0. The SMILES string of the molecule is CN(C)CCC(Cc1cc(F)ccc1Cl)NN. The number of benzene rings is 1. The first-order valence-electron chi connectivity index (χ1n) is 5.57. The molecule has 3 nitrogen and oxygen atoms in total. The van der Waals surface area contributed by atoms with E-state index < -0.39 is 0 Å². The van der Waals surface area contributed by atoms with Crippen LogP contribution < -0.4 is 11.3 Å².